The summed E-state index contributed by atoms with van der Waals surface area (Å²) in [5, 5.41) is 12.6. The Labute approximate surface area is 212 Å². The molecule has 3 rings (SSSR count). The van der Waals surface area contributed by atoms with Crippen LogP contribution in [0.5, 0.6) is 5.75 Å². The fourth-order valence-corrected chi connectivity index (χ4v) is 4.57. The van der Waals surface area contributed by atoms with Gasteiger partial charge in [0.15, 0.2) is 0 Å². The van der Waals surface area contributed by atoms with E-state index in [-0.39, 0.29) is 37.4 Å². The van der Waals surface area contributed by atoms with Gasteiger partial charge in [0, 0.05) is 36.4 Å². The van der Waals surface area contributed by atoms with Gasteiger partial charge in [-0.1, -0.05) is 25.1 Å². The number of carbonyl (C=O) groups is 2. The third kappa shape index (κ3) is 7.34. The predicted molar refractivity (Wildman–Crippen MR) is 139 cm³/mol. The van der Waals surface area contributed by atoms with Crippen molar-refractivity contribution in [3.05, 3.63) is 54.1 Å². The number of aliphatic hydroxyl groups excluding tert-OH is 1. The Balaban J connectivity index is 1.90. The van der Waals surface area contributed by atoms with Crippen molar-refractivity contribution in [3.8, 4) is 5.75 Å². The molecule has 0 aromatic heterocycles. The van der Waals surface area contributed by atoms with Crippen molar-refractivity contribution in [2.24, 2.45) is 5.92 Å². The first-order valence-corrected chi connectivity index (χ1v) is 13.6. The third-order valence-corrected chi connectivity index (χ3v) is 6.65. The molecule has 10 nitrogen and oxygen atoms in total. The lowest BCUT2D eigenvalue weighted by atomic mass is 10.0. The predicted octanol–water partition coefficient (Wildman–Crippen LogP) is 2.37. The summed E-state index contributed by atoms with van der Waals surface area (Å²) in [4.78, 5) is 29.1. The lowest BCUT2D eigenvalue weighted by molar-refractivity contribution is -0.134. The van der Waals surface area contributed by atoms with Crippen LogP contribution in [-0.2, 0) is 21.2 Å². The van der Waals surface area contributed by atoms with Crippen molar-refractivity contribution in [1.82, 2.24) is 9.80 Å². The number of hydrogen-bond acceptors (Lipinski definition) is 6. The van der Waals surface area contributed by atoms with E-state index in [0.29, 0.717) is 29.2 Å². The number of anilines is 2. The number of amides is 3. The number of nitrogens with one attached hydrogen (secondary N) is 2. The summed E-state index contributed by atoms with van der Waals surface area (Å²) >= 11 is 0. The number of nitrogens with zero attached hydrogens (tertiary/aromatic N) is 2. The number of fused-ring (bicyclic) bond motifs is 1. The van der Waals surface area contributed by atoms with Crippen molar-refractivity contribution < 1.29 is 27.9 Å². The van der Waals surface area contributed by atoms with Crippen LogP contribution in [0.4, 0.5) is 16.2 Å². The van der Waals surface area contributed by atoms with Crippen LogP contribution in [-0.4, -0.2) is 80.4 Å². The third-order valence-electron chi connectivity index (χ3n) is 6.05. The van der Waals surface area contributed by atoms with E-state index in [0.717, 1.165) is 6.26 Å². The standard InChI is InChI=1S/C25H34N4O6S/c1-17-14-29(18(2)16-30)24(31)13-19-12-21(27-36(4,33)34)10-11-22(19)35-23(17)15-28(3)25(32)26-20-8-6-5-7-9-20/h5-12,17-18,23,27,30H,13-16H2,1-4H3,(H,26,32)/t17-,18+,23+/m1/s1. The summed E-state index contributed by atoms with van der Waals surface area (Å²) in [5.74, 6) is 0.0462. The van der Waals surface area contributed by atoms with Crippen molar-refractivity contribution in [1.29, 1.82) is 0 Å². The number of carbonyl (C=O) groups excluding carboxylic acids is 2. The van der Waals surface area contributed by atoms with Gasteiger partial charge in [0.05, 0.1) is 31.9 Å². The molecule has 0 radical (unpaired) electrons. The van der Waals surface area contributed by atoms with Crippen LogP contribution in [0.2, 0.25) is 0 Å². The monoisotopic (exact) mass is 518 g/mol. The lowest BCUT2D eigenvalue weighted by Gasteiger charge is -2.34. The zero-order chi connectivity index (χ0) is 26.5. The smallest absolute Gasteiger partial charge is 0.321 e. The largest absolute Gasteiger partial charge is 0.488 e. The maximum Gasteiger partial charge on any atom is 0.321 e. The van der Waals surface area contributed by atoms with Gasteiger partial charge in [0.25, 0.3) is 0 Å². The lowest BCUT2D eigenvalue weighted by Crippen LogP contribution is -2.48. The number of ether oxygens (including phenoxy) is 1. The molecule has 2 aromatic rings. The summed E-state index contributed by atoms with van der Waals surface area (Å²) in [6.07, 6.45) is 0.543. The molecule has 3 atom stereocenters. The highest BCUT2D eigenvalue weighted by Crippen LogP contribution is 2.29. The molecule has 3 amide bonds. The highest BCUT2D eigenvalue weighted by molar-refractivity contribution is 7.92. The van der Waals surface area contributed by atoms with Crippen LogP contribution in [0.1, 0.15) is 19.4 Å². The zero-order valence-corrected chi connectivity index (χ0v) is 21.8. The first-order chi connectivity index (χ1) is 17.0. The van der Waals surface area contributed by atoms with Crippen LogP contribution in [0.3, 0.4) is 0 Å². The van der Waals surface area contributed by atoms with Crippen molar-refractivity contribution in [2.75, 3.05) is 43.0 Å². The fourth-order valence-electron chi connectivity index (χ4n) is 4.02. The molecule has 0 spiro atoms. The van der Waals surface area contributed by atoms with Gasteiger partial charge in [-0.3, -0.25) is 9.52 Å². The highest BCUT2D eigenvalue weighted by Gasteiger charge is 2.32. The first-order valence-electron chi connectivity index (χ1n) is 11.7. The molecule has 1 heterocycles. The number of hydrogen-bond donors (Lipinski definition) is 3. The Morgan fingerprint density at radius 2 is 1.92 bits per heavy atom. The van der Waals surface area contributed by atoms with E-state index in [1.165, 1.54) is 4.90 Å². The SMILES string of the molecule is C[C@@H]1CN([C@@H](C)CO)C(=O)Cc2cc(NS(C)(=O)=O)ccc2O[C@H]1CN(C)C(=O)Nc1ccccc1. The van der Waals surface area contributed by atoms with Gasteiger partial charge >= 0.3 is 6.03 Å². The number of urea groups is 1. The Morgan fingerprint density at radius 1 is 1.22 bits per heavy atom. The molecule has 0 aliphatic carbocycles. The molecule has 0 unspecified atom stereocenters. The van der Waals surface area contributed by atoms with Crippen LogP contribution < -0.4 is 14.8 Å². The molecular formula is C25H34N4O6S. The first kappa shape index (κ1) is 27.3. The molecule has 0 bridgehead atoms. The van der Waals surface area contributed by atoms with Crippen LogP contribution in [0, 0.1) is 5.92 Å². The van der Waals surface area contributed by atoms with Gasteiger partial charge in [0.2, 0.25) is 15.9 Å². The minimum Gasteiger partial charge on any atom is -0.488 e. The Morgan fingerprint density at radius 3 is 2.56 bits per heavy atom. The molecule has 1 aliphatic rings. The molecule has 196 valence electrons. The highest BCUT2D eigenvalue weighted by atomic mass is 32.2. The molecule has 2 aromatic carbocycles. The number of para-hydroxylation sites is 1. The molecule has 0 saturated carbocycles. The summed E-state index contributed by atoms with van der Waals surface area (Å²) in [6, 6.07) is 13.2. The number of sulfonamides is 1. The van der Waals surface area contributed by atoms with Crippen LogP contribution in [0.25, 0.3) is 0 Å². The molecule has 36 heavy (non-hydrogen) atoms. The van der Waals surface area contributed by atoms with Crippen LogP contribution in [0.15, 0.2) is 48.5 Å². The van der Waals surface area contributed by atoms with E-state index < -0.39 is 22.2 Å². The second-order valence-corrected chi connectivity index (χ2v) is 11.0. The van der Waals surface area contributed by atoms with E-state index >= 15 is 0 Å². The van der Waals surface area contributed by atoms with Crippen molar-refractivity contribution >= 4 is 33.3 Å². The van der Waals surface area contributed by atoms with Gasteiger partial charge < -0.3 is 25.0 Å². The summed E-state index contributed by atoms with van der Waals surface area (Å²) in [5.41, 5.74) is 1.50. The van der Waals surface area contributed by atoms with Gasteiger partial charge in [-0.15, -0.1) is 0 Å². The quantitative estimate of drug-likeness (QED) is 0.516. The average molecular weight is 519 g/mol. The van der Waals surface area contributed by atoms with E-state index in [2.05, 4.69) is 10.0 Å². The second kappa shape index (κ2) is 11.6. The zero-order valence-electron chi connectivity index (χ0n) is 21.0. The summed E-state index contributed by atoms with van der Waals surface area (Å²) in [6.45, 7) is 4.05. The fraction of sp³-hybridized carbons (Fsp3) is 0.440. The van der Waals surface area contributed by atoms with E-state index in [1.54, 1.807) is 49.2 Å². The average Bonchev–Trinajstić information content (AvgIpc) is 2.86. The molecule has 3 N–H and O–H groups in total. The van der Waals surface area contributed by atoms with Crippen molar-refractivity contribution in [2.45, 2.75) is 32.4 Å². The minimum atomic E-state index is -3.51. The van der Waals surface area contributed by atoms with Gasteiger partial charge in [0.1, 0.15) is 11.9 Å². The molecule has 0 fully saturated rings. The van der Waals surface area contributed by atoms with Crippen LogP contribution >= 0.6 is 0 Å². The normalized spacial score (nSPS) is 19.1. The second-order valence-electron chi connectivity index (χ2n) is 9.26. The maximum absolute atomic E-state index is 13.2. The molecular weight excluding hydrogens is 484 g/mol. The summed E-state index contributed by atoms with van der Waals surface area (Å²) in [7, 11) is -1.84. The summed E-state index contributed by atoms with van der Waals surface area (Å²) < 4.78 is 32.2. The van der Waals surface area contributed by atoms with Crippen molar-refractivity contribution in [3.63, 3.8) is 0 Å². The molecule has 0 saturated heterocycles. The van der Waals surface area contributed by atoms with Gasteiger partial charge in [-0.25, -0.2) is 13.2 Å². The number of aliphatic hydroxyl groups is 1. The number of rotatable bonds is 7. The molecule has 11 heteroatoms. The topological polar surface area (TPSA) is 128 Å². The van der Waals surface area contributed by atoms with Gasteiger partial charge in [-0.2, -0.15) is 0 Å². The van der Waals surface area contributed by atoms with E-state index in [4.69, 9.17) is 4.74 Å². The Bertz CT molecular complexity index is 1170. The molecule has 1 aliphatic heterocycles. The Kier molecular flexibility index (Phi) is 8.80. The Hall–Kier alpha value is -3.31. The number of likely N-dealkylation sites (N-methyl/N-ethyl adjacent to an activating group) is 1. The number of benzene rings is 2. The van der Waals surface area contributed by atoms with E-state index in [9.17, 15) is 23.1 Å². The van der Waals surface area contributed by atoms with E-state index in [1.807, 2.05) is 25.1 Å². The van der Waals surface area contributed by atoms with Gasteiger partial charge in [-0.05, 0) is 37.3 Å². The maximum atomic E-state index is 13.2. The minimum absolute atomic E-state index is 0.0251.